The number of imide groups is 1. The third-order valence-corrected chi connectivity index (χ3v) is 5.90. The molecule has 1 aromatic heterocycles. The normalized spacial score (nSPS) is 16.1. The number of nitrogens with one attached hydrogen (secondary N) is 1. The molecule has 1 atom stereocenters. The average molecular weight is 456 g/mol. The van der Waals surface area contributed by atoms with Gasteiger partial charge in [0.1, 0.15) is 0 Å². The van der Waals surface area contributed by atoms with E-state index in [1.54, 1.807) is 0 Å². The van der Waals surface area contributed by atoms with Crippen LogP contribution < -0.4 is 11.1 Å². The molecule has 1 unspecified atom stereocenters. The number of hydrogen-bond acceptors (Lipinski definition) is 6. The number of urea groups is 1. The molecule has 1 aliphatic rings. The SMILES string of the molecule is CC(Sc1nnc(CN2CCCCC2)n1-c1ccccc1C(F)(F)F)C(=O)NC(N)=O. The molecule has 0 aliphatic carbocycles. The minimum Gasteiger partial charge on any atom is -0.351 e. The van der Waals surface area contributed by atoms with Crippen molar-refractivity contribution in [1.29, 1.82) is 0 Å². The van der Waals surface area contributed by atoms with E-state index in [1.165, 1.54) is 29.7 Å². The first kappa shape index (κ1) is 23.1. The number of primary amides is 1. The molecular formula is C19H23F3N6O2S. The fourth-order valence-electron chi connectivity index (χ4n) is 3.38. The van der Waals surface area contributed by atoms with E-state index in [0.717, 1.165) is 50.2 Å². The summed E-state index contributed by atoms with van der Waals surface area (Å²) in [6, 6.07) is 4.16. The van der Waals surface area contributed by atoms with E-state index >= 15 is 0 Å². The zero-order valence-electron chi connectivity index (χ0n) is 16.9. The predicted molar refractivity (Wildman–Crippen MR) is 109 cm³/mol. The van der Waals surface area contributed by atoms with Crippen molar-refractivity contribution < 1.29 is 22.8 Å². The summed E-state index contributed by atoms with van der Waals surface area (Å²) in [5.41, 5.74) is 4.04. The number of hydrogen-bond donors (Lipinski definition) is 2. The highest BCUT2D eigenvalue weighted by Crippen LogP contribution is 2.36. The minimum absolute atomic E-state index is 0.114. The molecule has 0 bridgehead atoms. The number of thioether (sulfide) groups is 1. The molecule has 1 aromatic carbocycles. The van der Waals surface area contributed by atoms with Crippen molar-refractivity contribution in [2.45, 2.75) is 49.3 Å². The molecule has 1 fully saturated rings. The van der Waals surface area contributed by atoms with Crippen molar-refractivity contribution >= 4 is 23.7 Å². The van der Waals surface area contributed by atoms with Gasteiger partial charge in [0.05, 0.1) is 23.0 Å². The quantitative estimate of drug-likeness (QED) is 0.648. The smallest absolute Gasteiger partial charge is 0.351 e. The lowest BCUT2D eigenvalue weighted by Gasteiger charge is -2.26. The van der Waals surface area contributed by atoms with Gasteiger partial charge in [-0.3, -0.25) is 19.6 Å². The van der Waals surface area contributed by atoms with Gasteiger partial charge in [0.25, 0.3) is 0 Å². The molecule has 31 heavy (non-hydrogen) atoms. The second kappa shape index (κ2) is 9.69. The number of nitrogens with two attached hydrogens (primary N) is 1. The number of rotatable bonds is 6. The summed E-state index contributed by atoms with van der Waals surface area (Å²) in [4.78, 5) is 25.2. The van der Waals surface area contributed by atoms with Gasteiger partial charge in [-0.1, -0.05) is 30.3 Å². The van der Waals surface area contributed by atoms with E-state index in [4.69, 9.17) is 5.73 Å². The van der Waals surface area contributed by atoms with Crippen LogP contribution in [0.3, 0.4) is 0 Å². The number of aromatic nitrogens is 3. The third-order valence-electron chi connectivity index (χ3n) is 4.86. The second-order valence-electron chi connectivity index (χ2n) is 7.20. The topological polar surface area (TPSA) is 106 Å². The Morgan fingerprint density at radius 1 is 1.19 bits per heavy atom. The van der Waals surface area contributed by atoms with Crippen molar-refractivity contribution in [1.82, 2.24) is 25.0 Å². The highest BCUT2D eigenvalue weighted by molar-refractivity contribution is 8.00. The lowest BCUT2D eigenvalue weighted by Crippen LogP contribution is -2.39. The number of halogens is 3. The Morgan fingerprint density at radius 2 is 1.87 bits per heavy atom. The first-order chi connectivity index (χ1) is 14.7. The molecule has 0 radical (unpaired) electrons. The van der Waals surface area contributed by atoms with Crippen LogP contribution in [0.15, 0.2) is 29.4 Å². The van der Waals surface area contributed by atoms with Gasteiger partial charge in [0.15, 0.2) is 11.0 Å². The van der Waals surface area contributed by atoms with E-state index in [1.807, 2.05) is 5.32 Å². The standard InChI is InChI=1S/C19H23F3N6O2S/c1-12(16(29)24-17(23)30)31-18-26-25-15(11-27-9-5-2-6-10-27)28(18)14-8-4-3-7-13(14)19(20,21)22/h3-4,7-8,12H,2,5-6,9-11H2,1H3,(H3,23,24,29,30). The first-order valence-electron chi connectivity index (χ1n) is 9.77. The summed E-state index contributed by atoms with van der Waals surface area (Å²) >= 11 is 0.901. The highest BCUT2D eigenvalue weighted by Gasteiger charge is 2.35. The van der Waals surface area contributed by atoms with Crippen LogP contribution in [0.4, 0.5) is 18.0 Å². The Labute approximate surface area is 181 Å². The van der Waals surface area contributed by atoms with Gasteiger partial charge in [-0.2, -0.15) is 13.2 Å². The lowest BCUT2D eigenvalue weighted by atomic mass is 10.1. The maximum absolute atomic E-state index is 13.7. The van der Waals surface area contributed by atoms with Crippen LogP contribution >= 0.6 is 11.8 Å². The van der Waals surface area contributed by atoms with Gasteiger partial charge < -0.3 is 5.73 Å². The number of nitrogens with zero attached hydrogens (tertiary/aromatic N) is 4. The maximum atomic E-state index is 13.7. The van der Waals surface area contributed by atoms with E-state index in [0.29, 0.717) is 12.4 Å². The Kier molecular flexibility index (Phi) is 7.21. The van der Waals surface area contributed by atoms with Gasteiger partial charge >= 0.3 is 12.2 Å². The number of benzene rings is 1. The molecule has 12 heteroatoms. The summed E-state index contributed by atoms with van der Waals surface area (Å²) in [7, 11) is 0. The van der Waals surface area contributed by atoms with E-state index < -0.39 is 28.9 Å². The van der Waals surface area contributed by atoms with Crippen molar-refractivity contribution in [2.24, 2.45) is 5.73 Å². The Bertz CT molecular complexity index is 943. The summed E-state index contributed by atoms with van der Waals surface area (Å²) in [5.74, 6) is -0.322. The number of alkyl halides is 3. The largest absolute Gasteiger partial charge is 0.418 e. The summed E-state index contributed by atoms with van der Waals surface area (Å²) in [5, 5.41) is 9.46. The molecule has 3 rings (SSSR count). The molecule has 1 aliphatic heterocycles. The molecule has 2 heterocycles. The Hall–Kier alpha value is -2.60. The Balaban J connectivity index is 2.00. The predicted octanol–water partition coefficient (Wildman–Crippen LogP) is 2.95. The van der Waals surface area contributed by atoms with Gasteiger partial charge in [0, 0.05) is 0 Å². The van der Waals surface area contributed by atoms with Crippen molar-refractivity contribution in [2.75, 3.05) is 13.1 Å². The van der Waals surface area contributed by atoms with Crippen molar-refractivity contribution in [3.63, 3.8) is 0 Å². The van der Waals surface area contributed by atoms with Gasteiger partial charge in [-0.15, -0.1) is 10.2 Å². The summed E-state index contributed by atoms with van der Waals surface area (Å²) in [6.07, 6.45) is -1.44. The number of carbonyl (C=O) groups excluding carboxylic acids is 2. The summed E-state index contributed by atoms with van der Waals surface area (Å²) in [6.45, 7) is 3.49. The fraction of sp³-hybridized carbons (Fsp3) is 0.474. The Morgan fingerprint density at radius 3 is 2.52 bits per heavy atom. The molecule has 3 N–H and O–H groups in total. The second-order valence-corrected chi connectivity index (χ2v) is 8.51. The maximum Gasteiger partial charge on any atom is 0.418 e. The highest BCUT2D eigenvalue weighted by atomic mass is 32.2. The van der Waals surface area contributed by atoms with Crippen LogP contribution in [-0.2, 0) is 17.5 Å². The minimum atomic E-state index is -4.58. The zero-order valence-corrected chi connectivity index (χ0v) is 17.7. The third kappa shape index (κ3) is 5.76. The van der Waals surface area contributed by atoms with Gasteiger partial charge in [-0.25, -0.2) is 4.79 Å². The molecule has 0 saturated carbocycles. The van der Waals surface area contributed by atoms with Gasteiger partial charge in [0.2, 0.25) is 5.91 Å². The van der Waals surface area contributed by atoms with Crippen molar-refractivity contribution in [3.05, 3.63) is 35.7 Å². The zero-order chi connectivity index (χ0) is 22.6. The van der Waals surface area contributed by atoms with Crippen LogP contribution in [0.2, 0.25) is 0 Å². The number of piperidine rings is 1. The van der Waals surface area contributed by atoms with Crippen LogP contribution in [0.5, 0.6) is 0 Å². The molecule has 2 aromatic rings. The average Bonchev–Trinajstić information content (AvgIpc) is 3.09. The lowest BCUT2D eigenvalue weighted by molar-refractivity contribution is -0.137. The number of likely N-dealkylation sites (tertiary alicyclic amines) is 1. The molecule has 168 valence electrons. The van der Waals surface area contributed by atoms with Crippen molar-refractivity contribution in [3.8, 4) is 5.69 Å². The first-order valence-corrected chi connectivity index (χ1v) is 10.6. The van der Waals surface area contributed by atoms with E-state index in [2.05, 4.69) is 15.1 Å². The molecule has 1 saturated heterocycles. The molecule has 0 spiro atoms. The number of para-hydroxylation sites is 1. The molecule has 3 amide bonds. The van der Waals surface area contributed by atoms with Crippen LogP contribution in [-0.4, -0.2) is 49.9 Å². The number of amides is 3. The molecule has 8 nitrogen and oxygen atoms in total. The van der Waals surface area contributed by atoms with Crippen LogP contribution in [0.1, 0.15) is 37.6 Å². The van der Waals surface area contributed by atoms with E-state index in [-0.39, 0.29) is 10.8 Å². The van der Waals surface area contributed by atoms with Gasteiger partial charge in [-0.05, 0) is 45.0 Å². The van der Waals surface area contributed by atoms with Crippen LogP contribution in [0, 0.1) is 0 Å². The monoisotopic (exact) mass is 456 g/mol. The van der Waals surface area contributed by atoms with E-state index in [9.17, 15) is 22.8 Å². The fourth-order valence-corrected chi connectivity index (χ4v) is 4.26. The van der Waals surface area contributed by atoms with Crippen LogP contribution in [0.25, 0.3) is 5.69 Å². The summed E-state index contributed by atoms with van der Waals surface area (Å²) < 4.78 is 42.5. The number of carbonyl (C=O) groups is 2. The molecular weight excluding hydrogens is 433 g/mol.